The molecule has 0 unspecified atom stereocenters. The summed E-state index contributed by atoms with van der Waals surface area (Å²) in [5.41, 5.74) is 4.70. The van der Waals surface area contributed by atoms with Crippen LogP contribution in [-0.2, 0) is 0 Å². The van der Waals surface area contributed by atoms with Crippen LogP contribution in [0.3, 0.4) is 0 Å². The number of aromatic nitrogens is 4. The second-order valence-corrected chi connectivity index (χ2v) is 5.54. The van der Waals surface area contributed by atoms with Crippen LogP contribution in [0.25, 0.3) is 16.7 Å². The molecule has 4 rings (SSSR count). The first-order valence-corrected chi connectivity index (χ1v) is 7.35. The number of nitrogens with one attached hydrogen (secondary N) is 1. The maximum absolute atomic E-state index is 4.68. The van der Waals surface area contributed by atoms with Gasteiger partial charge in [-0.25, -0.2) is 4.98 Å². The van der Waals surface area contributed by atoms with E-state index in [-0.39, 0.29) is 0 Å². The Morgan fingerprint density at radius 3 is 2.57 bits per heavy atom. The Morgan fingerprint density at radius 2 is 1.78 bits per heavy atom. The summed E-state index contributed by atoms with van der Waals surface area (Å²) in [5.74, 6) is 0.693. The molecule has 0 aliphatic carbocycles. The monoisotopic (exact) mass is 304 g/mol. The lowest BCUT2D eigenvalue weighted by atomic mass is 10.2. The first-order valence-electron chi connectivity index (χ1n) is 7.35. The van der Waals surface area contributed by atoms with Crippen LogP contribution in [0.2, 0.25) is 0 Å². The van der Waals surface area contributed by atoms with E-state index in [2.05, 4.69) is 37.5 Å². The lowest BCUT2D eigenvalue weighted by Gasteiger charge is -2.13. The molecule has 0 spiro atoms. The number of fused-ring (bicyclic) bond motifs is 3. The Morgan fingerprint density at radius 1 is 1.00 bits per heavy atom. The molecule has 0 bridgehead atoms. The Hall–Kier alpha value is -3.15. The summed E-state index contributed by atoms with van der Waals surface area (Å²) in [6.45, 7) is 0. The molecule has 2 aromatic carbocycles. The van der Waals surface area contributed by atoms with E-state index in [1.165, 1.54) is 0 Å². The second kappa shape index (κ2) is 5.24. The van der Waals surface area contributed by atoms with Crippen molar-refractivity contribution >= 4 is 33.9 Å². The van der Waals surface area contributed by atoms with Gasteiger partial charge >= 0.3 is 0 Å². The lowest BCUT2D eigenvalue weighted by molar-refractivity contribution is 1.11. The van der Waals surface area contributed by atoms with E-state index < -0.39 is 0 Å². The minimum absolute atomic E-state index is 0.693. The van der Waals surface area contributed by atoms with Crippen molar-refractivity contribution in [2.75, 3.05) is 24.3 Å². The second-order valence-electron chi connectivity index (χ2n) is 5.54. The number of hydrogen-bond acceptors (Lipinski definition) is 5. The fraction of sp³-hybridized carbons (Fsp3) is 0.118. The van der Waals surface area contributed by atoms with Crippen molar-refractivity contribution in [2.24, 2.45) is 0 Å². The largest absolute Gasteiger partial charge is 0.378 e. The molecule has 0 radical (unpaired) electrons. The van der Waals surface area contributed by atoms with E-state index in [1.807, 2.05) is 54.9 Å². The zero-order chi connectivity index (χ0) is 15.8. The molecule has 6 heteroatoms. The predicted octanol–water partition coefficient (Wildman–Crippen LogP) is 3.09. The van der Waals surface area contributed by atoms with Crippen molar-refractivity contribution in [1.29, 1.82) is 0 Å². The number of para-hydroxylation sites is 2. The summed E-state index contributed by atoms with van der Waals surface area (Å²) in [5, 5.41) is 11.5. The van der Waals surface area contributed by atoms with Gasteiger partial charge in [-0.05, 0) is 36.4 Å². The van der Waals surface area contributed by atoms with E-state index in [4.69, 9.17) is 0 Å². The molecule has 0 fully saturated rings. The van der Waals surface area contributed by atoms with Crippen LogP contribution < -0.4 is 10.2 Å². The number of rotatable bonds is 3. The molecular formula is C17H16N6. The van der Waals surface area contributed by atoms with Crippen molar-refractivity contribution in [3.8, 4) is 0 Å². The zero-order valence-electron chi connectivity index (χ0n) is 12.9. The van der Waals surface area contributed by atoms with Crippen LogP contribution in [0.5, 0.6) is 0 Å². The topological polar surface area (TPSA) is 58.4 Å². The molecule has 0 amide bonds. The standard InChI is InChI=1S/C17H16N6/c1-22(2)13-9-7-12(8-10-13)19-16-17-21-18-11-23(17)15-6-4-3-5-14(15)20-16/h3-11H,1-2H3,(H,19,20). The van der Waals surface area contributed by atoms with Gasteiger partial charge in [0.25, 0.3) is 0 Å². The third kappa shape index (κ3) is 2.34. The predicted molar refractivity (Wildman–Crippen MR) is 92.3 cm³/mol. The van der Waals surface area contributed by atoms with Gasteiger partial charge in [-0.3, -0.25) is 4.40 Å². The van der Waals surface area contributed by atoms with Crippen molar-refractivity contribution < 1.29 is 0 Å². The smallest absolute Gasteiger partial charge is 0.204 e. The quantitative estimate of drug-likeness (QED) is 0.630. The first-order chi connectivity index (χ1) is 11.2. The van der Waals surface area contributed by atoms with Gasteiger partial charge in [-0.1, -0.05) is 12.1 Å². The summed E-state index contributed by atoms with van der Waals surface area (Å²) in [4.78, 5) is 6.75. The van der Waals surface area contributed by atoms with Gasteiger partial charge in [0.15, 0.2) is 5.82 Å². The van der Waals surface area contributed by atoms with Crippen LogP contribution in [0, 0.1) is 0 Å². The zero-order valence-corrected chi connectivity index (χ0v) is 12.9. The van der Waals surface area contributed by atoms with Gasteiger partial charge < -0.3 is 10.2 Å². The fourth-order valence-electron chi connectivity index (χ4n) is 2.57. The molecule has 1 N–H and O–H groups in total. The molecule has 23 heavy (non-hydrogen) atoms. The fourth-order valence-corrected chi connectivity index (χ4v) is 2.57. The highest BCUT2D eigenvalue weighted by Gasteiger charge is 2.10. The Balaban J connectivity index is 1.79. The summed E-state index contributed by atoms with van der Waals surface area (Å²) < 4.78 is 1.94. The molecule has 0 saturated carbocycles. The van der Waals surface area contributed by atoms with Gasteiger partial charge in [-0.2, -0.15) is 0 Å². The number of benzene rings is 2. The third-order valence-electron chi connectivity index (χ3n) is 3.78. The normalized spacial score (nSPS) is 11.0. The lowest BCUT2D eigenvalue weighted by Crippen LogP contribution is -2.08. The van der Waals surface area contributed by atoms with E-state index >= 15 is 0 Å². The molecule has 4 aromatic rings. The SMILES string of the molecule is CN(C)c1ccc(Nc2nc3ccccc3n3cnnc23)cc1. The number of hydrogen-bond donors (Lipinski definition) is 1. The third-order valence-corrected chi connectivity index (χ3v) is 3.78. The van der Waals surface area contributed by atoms with Gasteiger partial charge in [0.05, 0.1) is 11.0 Å². The Bertz CT molecular complexity index is 971. The summed E-state index contributed by atoms with van der Waals surface area (Å²) >= 11 is 0. The van der Waals surface area contributed by atoms with Crippen molar-refractivity contribution in [2.45, 2.75) is 0 Å². The molecule has 0 atom stereocenters. The Labute approximate surface area is 133 Å². The molecule has 0 aliphatic heterocycles. The van der Waals surface area contributed by atoms with Crippen LogP contribution in [0.4, 0.5) is 17.2 Å². The average molecular weight is 304 g/mol. The highest BCUT2D eigenvalue weighted by Crippen LogP contribution is 2.24. The minimum Gasteiger partial charge on any atom is -0.378 e. The van der Waals surface area contributed by atoms with Gasteiger partial charge in [-0.15, -0.1) is 10.2 Å². The minimum atomic E-state index is 0.693. The molecule has 2 heterocycles. The van der Waals surface area contributed by atoms with Crippen LogP contribution in [0.15, 0.2) is 54.9 Å². The first kappa shape index (κ1) is 13.5. The van der Waals surface area contributed by atoms with Gasteiger partial charge in [0.2, 0.25) is 5.65 Å². The highest BCUT2D eigenvalue weighted by molar-refractivity contribution is 5.84. The summed E-state index contributed by atoms with van der Waals surface area (Å²) in [7, 11) is 4.04. The summed E-state index contributed by atoms with van der Waals surface area (Å²) in [6, 6.07) is 16.1. The van der Waals surface area contributed by atoms with Crippen LogP contribution >= 0.6 is 0 Å². The van der Waals surface area contributed by atoms with Crippen molar-refractivity contribution in [1.82, 2.24) is 19.6 Å². The molecular weight excluding hydrogens is 288 g/mol. The van der Waals surface area contributed by atoms with Crippen LogP contribution in [-0.4, -0.2) is 33.7 Å². The summed E-state index contributed by atoms with van der Waals surface area (Å²) in [6.07, 6.45) is 1.71. The molecule has 0 aliphatic rings. The van der Waals surface area contributed by atoms with E-state index in [0.29, 0.717) is 11.5 Å². The average Bonchev–Trinajstić information content (AvgIpc) is 3.06. The molecule has 2 aromatic heterocycles. The molecule has 6 nitrogen and oxygen atoms in total. The van der Waals surface area contributed by atoms with Gasteiger partial charge in [0.1, 0.15) is 6.33 Å². The van der Waals surface area contributed by atoms with Crippen LogP contribution in [0.1, 0.15) is 0 Å². The van der Waals surface area contributed by atoms with Crippen molar-refractivity contribution in [3.63, 3.8) is 0 Å². The highest BCUT2D eigenvalue weighted by atomic mass is 15.3. The van der Waals surface area contributed by atoms with E-state index in [0.717, 1.165) is 22.4 Å². The molecule has 114 valence electrons. The number of anilines is 3. The maximum atomic E-state index is 4.68. The van der Waals surface area contributed by atoms with E-state index in [9.17, 15) is 0 Å². The molecule has 0 saturated heterocycles. The van der Waals surface area contributed by atoms with Crippen molar-refractivity contribution in [3.05, 3.63) is 54.9 Å². The van der Waals surface area contributed by atoms with E-state index in [1.54, 1.807) is 6.33 Å². The Kier molecular flexibility index (Phi) is 3.08. The maximum Gasteiger partial charge on any atom is 0.204 e. The number of nitrogens with zero attached hydrogens (tertiary/aromatic N) is 5. The van der Waals surface area contributed by atoms with Gasteiger partial charge in [0, 0.05) is 25.5 Å².